The first-order chi connectivity index (χ1) is 16.3. The number of ether oxygens (including phenoxy) is 1. The highest BCUT2D eigenvalue weighted by molar-refractivity contribution is 5.95. The maximum absolute atomic E-state index is 14.0. The molecule has 1 heterocycles. The summed E-state index contributed by atoms with van der Waals surface area (Å²) in [5.74, 6) is -0.129. The second kappa shape index (κ2) is 8.88. The normalized spacial score (nSPS) is 29.8. The van der Waals surface area contributed by atoms with Gasteiger partial charge in [-0.05, 0) is 55.3 Å². The van der Waals surface area contributed by atoms with Gasteiger partial charge >= 0.3 is 12.3 Å². The van der Waals surface area contributed by atoms with Crippen LogP contribution in [-0.2, 0) is 10.9 Å². The summed E-state index contributed by atoms with van der Waals surface area (Å²) in [7, 11) is 0. The molecule has 3 N–H and O–H groups in total. The number of halogens is 3. The van der Waals surface area contributed by atoms with Gasteiger partial charge in [0.05, 0.1) is 24.4 Å². The van der Waals surface area contributed by atoms with Crippen molar-refractivity contribution in [3.05, 3.63) is 23.5 Å². The van der Waals surface area contributed by atoms with E-state index in [2.05, 4.69) is 10.4 Å². The third-order valence-electron chi connectivity index (χ3n) is 7.73. The lowest BCUT2D eigenvalue weighted by Crippen LogP contribution is -2.60. The Morgan fingerprint density at radius 2 is 1.97 bits per heavy atom. The number of hydrogen-bond acceptors (Lipinski definition) is 5. The number of nitrogens with one attached hydrogen (secondary N) is 1. The monoisotopic (exact) mass is 493 g/mol. The number of allylic oxidation sites excluding steroid dienone is 1. The van der Waals surface area contributed by atoms with Gasteiger partial charge in [0.1, 0.15) is 0 Å². The first-order valence-electron chi connectivity index (χ1n) is 11.8. The molecule has 0 spiro atoms. The highest BCUT2D eigenvalue weighted by atomic mass is 19.4. The minimum Gasteiger partial charge on any atom is -0.449 e. The van der Waals surface area contributed by atoms with E-state index in [0.717, 1.165) is 44.5 Å². The number of aromatic nitrogens is 2. The maximum Gasteiger partial charge on any atom is 0.434 e. The van der Waals surface area contributed by atoms with Gasteiger partial charge in [-0.3, -0.25) is 4.79 Å². The van der Waals surface area contributed by atoms with E-state index in [-0.39, 0.29) is 36.3 Å². The summed E-state index contributed by atoms with van der Waals surface area (Å²) in [6.45, 7) is 3.70. The van der Waals surface area contributed by atoms with Crippen LogP contribution >= 0.6 is 0 Å². The third-order valence-corrected chi connectivity index (χ3v) is 7.73. The molecule has 4 aliphatic rings. The number of alkyl halides is 3. The van der Waals surface area contributed by atoms with E-state index in [1.165, 1.54) is 6.08 Å². The average molecular weight is 494 g/mol. The van der Waals surface area contributed by atoms with Gasteiger partial charge in [-0.25, -0.2) is 9.48 Å². The van der Waals surface area contributed by atoms with Crippen molar-refractivity contribution in [3.8, 4) is 6.07 Å². The Bertz CT molecular complexity index is 1060. The number of carbonyl (C=O) groups excluding carboxylic acids is 2. The minimum absolute atomic E-state index is 0.109. The Morgan fingerprint density at radius 3 is 2.54 bits per heavy atom. The first-order valence-corrected chi connectivity index (χ1v) is 11.8. The fourth-order valence-corrected chi connectivity index (χ4v) is 6.52. The summed E-state index contributed by atoms with van der Waals surface area (Å²) >= 11 is 0. The van der Waals surface area contributed by atoms with Gasteiger partial charge in [0.15, 0.2) is 5.69 Å². The number of hydrogen-bond donors (Lipinski definition) is 2. The molecule has 4 fully saturated rings. The molecule has 2 unspecified atom stereocenters. The molecule has 35 heavy (non-hydrogen) atoms. The lowest BCUT2D eigenvalue weighted by molar-refractivity contribution is -0.142. The Morgan fingerprint density at radius 1 is 1.31 bits per heavy atom. The molecule has 4 saturated carbocycles. The van der Waals surface area contributed by atoms with E-state index in [1.54, 1.807) is 13.8 Å². The van der Waals surface area contributed by atoms with Crippen molar-refractivity contribution in [1.82, 2.24) is 15.1 Å². The Hall–Kier alpha value is -3.03. The third kappa shape index (κ3) is 5.16. The molecular formula is C24H30F3N5O3. The maximum atomic E-state index is 14.0. The number of nitrogens with zero attached hydrogens (tertiary/aromatic N) is 3. The van der Waals surface area contributed by atoms with Crippen LogP contribution in [0.3, 0.4) is 0 Å². The zero-order valence-corrected chi connectivity index (χ0v) is 19.8. The molecule has 4 bridgehead atoms. The second-order valence-corrected chi connectivity index (χ2v) is 11.1. The molecule has 2 atom stereocenters. The van der Waals surface area contributed by atoms with Crippen LogP contribution in [0.4, 0.5) is 18.0 Å². The van der Waals surface area contributed by atoms with Gasteiger partial charge in [0.2, 0.25) is 0 Å². The van der Waals surface area contributed by atoms with Crippen LogP contribution in [-0.4, -0.2) is 34.4 Å². The first kappa shape index (κ1) is 25.1. The Kier molecular flexibility index (Phi) is 6.36. The fourth-order valence-electron chi connectivity index (χ4n) is 6.52. The van der Waals surface area contributed by atoms with Crippen molar-refractivity contribution in [2.24, 2.45) is 34.3 Å². The van der Waals surface area contributed by atoms with Crippen molar-refractivity contribution in [1.29, 1.82) is 5.26 Å². The summed E-state index contributed by atoms with van der Waals surface area (Å²) in [5.41, 5.74) is 2.66. The number of amides is 2. The van der Waals surface area contributed by atoms with E-state index < -0.39 is 34.8 Å². The van der Waals surface area contributed by atoms with Gasteiger partial charge in [-0.15, -0.1) is 0 Å². The van der Waals surface area contributed by atoms with Crippen LogP contribution in [0.2, 0.25) is 0 Å². The van der Waals surface area contributed by atoms with Crippen molar-refractivity contribution < 1.29 is 27.5 Å². The standard InChI is InChI=1S/C24H30F3N5O3/c1-22(2,3-5-28)4-6-32-19(24(25,26)27)17(12-30-32)20(33)31-18-15-7-14-8-16(18)11-23(9-14,10-15)13-35-21(29)34/h4,6,12,14-16,18H,3,7-11,13H2,1-2H3,(H2,29,34)(H,31,33)/b6-4+. The molecular weight excluding hydrogens is 463 g/mol. The van der Waals surface area contributed by atoms with Crippen molar-refractivity contribution in [2.75, 3.05) is 6.61 Å². The van der Waals surface area contributed by atoms with E-state index in [9.17, 15) is 22.8 Å². The molecule has 1 aromatic heterocycles. The quantitative estimate of drug-likeness (QED) is 0.585. The SMILES string of the molecule is CC(C)(/C=C/n1ncc(C(=O)NC2C3CC4CC2CC(COC(N)=O)(C4)C3)c1C(F)(F)F)CC#N. The number of nitriles is 1. The molecule has 0 saturated heterocycles. The molecule has 190 valence electrons. The zero-order valence-electron chi connectivity index (χ0n) is 19.8. The average Bonchev–Trinajstić information content (AvgIpc) is 3.18. The van der Waals surface area contributed by atoms with Crippen LogP contribution < -0.4 is 11.1 Å². The van der Waals surface area contributed by atoms with Crippen LogP contribution in [0.25, 0.3) is 6.20 Å². The molecule has 0 aromatic carbocycles. The van der Waals surface area contributed by atoms with E-state index in [4.69, 9.17) is 15.7 Å². The number of rotatable bonds is 7. The van der Waals surface area contributed by atoms with Gasteiger partial charge in [0.25, 0.3) is 5.91 Å². The van der Waals surface area contributed by atoms with E-state index >= 15 is 0 Å². The van der Waals surface area contributed by atoms with Gasteiger partial charge in [-0.1, -0.05) is 19.9 Å². The summed E-state index contributed by atoms with van der Waals surface area (Å²) in [6, 6.07) is 1.76. The Labute approximate surface area is 201 Å². The Balaban J connectivity index is 1.53. The largest absolute Gasteiger partial charge is 0.449 e. The minimum atomic E-state index is -4.80. The smallest absolute Gasteiger partial charge is 0.434 e. The lowest BCUT2D eigenvalue weighted by atomic mass is 9.48. The summed E-state index contributed by atoms with van der Waals surface area (Å²) in [6.07, 6.45) is 2.28. The molecule has 2 amide bonds. The molecule has 8 nitrogen and oxygen atoms in total. The van der Waals surface area contributed by atoms with Gasteiger partial charge < -0.3 is 15.8 Å². The van der Waals surface area contributed by atoms with Gasteiger partial charge in [-0.2, -0.15) is 23.5 Å². The number of primary amides is 1. The predicted molar refractivity (Wildman–Crippen MR) is 119 cm³/mol. The summed E-state index contributed by atoms with van der Waals surface area (Å²) in [5, 5.41) is 15.6. The molecule has 11 heteroatoms. The van der Waals surface area contributed by atoms with E-state index in [0.29, 0.717) is 10.6 Å². The number of nitrogens with two attached hydrogens (primary N) is 1. The molecule has 1 aromatic rings. The highest BCUT2D eigenvalue weighted by Crippen LogP contribution is 2.60. The zero-order chi connectivity index (χ0) is 25.6. The topological polar surface area (TPSA) is 123 Å². The lowest BCUT2D eigenvalue weighted by Gasteiger charge is -2.59. The highest BCUT2D eigenvalue weighted by Gasteiger charge is 2.56. The molecule has 0 aliphatic heterocycles. The van der Waals surface area contributed by atoms with E-state index in [1.807, 2.05) is 6.07 Å². The van der Waals surface area contributed by atoms with Crippen LogP contribution in [0, 0.1) is 39.9 Å². The molecule has 0 radical (unpaired) electrons. The number of carbonyl (C=O) groups is 2. The fraction of sp³-hybridized carbons (Fsp3) is 0.667. The van der Waals surface area contributed by atoms with Crippen molar-refractivity contribution in [2.45, 2.75) is 64.6 Å². The van der Waals surface area contributed by atoms with Gasteiger partial charge in [0, 0.05) is 24.1 Å². The van der Waals surface area contributed by atoms with Crippen molar-refractivity contribution in [3.63, 3.8) is 0 Å². The van der Waals surface area contributed by atoms with Crippen LogP contribution in [0.1, 0.15) is 68.4 Å². The van der Waals surface area contributed by atoms with Crippen LogP contribution in [0.15, 0.2) is 12.3 Å². The van der Waals surface area contributed by atoms with Crippen molar-refractivity contribution >= 4 is 18.2 Å². The molecule has 4 aliphatic carbocycles. The molecule has 5 rings (SSSR count). The summed E-state index contributed by atoms with van der Waals surface area (Å²) < 4.78 is 47.7. The van der Waals surface area contributed by atoms with Crippen LogP contribution in [0.5, 0.6) is 0 Å². The second-order valence-electron chi connectivity index (χ2n) is 11.1. The summed E-state index contributed by atoms with van der Waals surface area (Å²) in [4.78, 5) is 24.2. The predicted octanol–water partition coefficient (Wildman–Crippen LogP) is 4.33.